The SMILES string of the molecule is CC(C)(C)CNc1c(C#N)cnc2c(Cl)cc(NC(/C(N)=C(\F)N(N)C3(C)CC3)c3ccccc3Cl)cc12. The van der Waals surface area contributed by atoms with E-state index in [2.05, 4.69) is 42.5 Å². The van der Waals surface area contributed by atoms with E-state index in [4.69, 9.17) is 34.8 Å². The Kier molecular flexibility index (Phi) is 7.67. The minimum atomic E-state index is -0.858. The Morgan fingerprint density at radius 3 is 2.53 bits per heavy atom. The third-order valence-corrected chi connectivity index (χ3v) is 7.32. The molecule has 1 atom stereocenters. The third-order valence-electron chi connectivity index (χ3n) is 6.68. The molecule has 0 spiro atoms. The van der Waals surface area contributed by atoms with Crippen LogP contribution < -0.4 is 22.2 Å². The van der Waals surface area contributed by atoms with Gasteiger partial charge in [-0.2, -0.15) is 9.65 Å². The van der Waals surface area contributed by atoms with Gasteiger partial charge in [-0.25, -0.2) is 5.84 Å². The molecule has 0 radical (unpaired) electrons. The second-order valence-electron chi connectivity index (χ2n) is 11.1. The molecule has 0 saturated heterocycles. The van der Waals surface area contributed by atoms with Crippen LogP contribution in [0.5, 0.6) is 0 Å². The standard InChI is InChI=1S/C28H32Cl2FN7/c1-27(2,3)15-36-23-16(13-32)14-35-24-19(23)11-17(12-21(24)30)37-25(18-7-5-6-8-20(18)29)22(33)26(31)38(34)28(4)9-10-28/h5-8,11-12,14,25,37H,9-10,15,33-34H2,1-4H3,(H,35,36)/b26-22-. The lowest BCUT2D eigenvalue weighted by Gasteiger charge is -2.28. The molecule has 1 saturated carbocycles. The first-order valence-corrected chi connectivity index (χ1v) is 13.1. The summed E-state index contributed by atoms with van der Waals surface area (Å²) in [7, 11) is 0. The average molecular weight is 557 g/mol. The summed E-state index contributed by atoms with van der Waals surface area (Å²) >= 11 is 13.2. The van der Waals surface area contributed by atoms with Gasteiger partial charge in [-0.15, -0.1) is 0 Å². The fourth-order valence-electron chi connectivity index (χ4n) is 4.09. The minimum absolute atomic E-state index is 0.0415. The van der Waals surface area contributed by atoms with Crippen molar-refractivity contribution < 1.29 is 4.39 Å². The minimum Gasteiger partial charge on any atom is -0.396 e. The number of nitrogens with two attached hydrogens (primary N) is 2. The molecule has 38 heavy (non-hydrogen) atoms. The first-order valence-electron chi connectivity index (χ1n) is 12.3. The van der Waals surface area contributed by atoms with Crippen LogP contribution >= 0.6 is 23.2 Å². The second kappa shape index (κ2) is 10.5. The molecule has 0 aliphatic heterocycles. The summed E-state index contributed by atoms with van der Waals surface area (Å²) in [6, 6.07) is 11.9. The van der Waals surface area contributed by atoms with Crippen LogP contribution in [0.2, 0.25) is 10.0 Å². The third kappa shape index (κ3) is 5.75. The number of hydrazine groups is 1. The highest BCUT2D eigenvalue weighted by Crippen LogP contribution is 2.43. The number of pyridine rings is 1. The molecule has 1 aromatic heterocycles. The number of anilines is 2. The van der Waals surface area contributed by atoms with E-state index in [1.54, 1.807) is 30.3 Å². The topological polar surface area (TPSA) is 116 Å². The van der Waals surface area contributed by atoms with Gasteiger partial charge in [0.2, 0.25) is 5.95 Å². The van der Waals surface area contributed by atoms with Gasteiger partial charge in [0.05, 0.1) is 39.1 Å². The molecule has 1 aliphatic carbocycles. The predicted octanol–water partition coefficient (Wildman–Crippen LogP) is 6.85. The normalized spacial score (nSPS) is 15.9. The van der Waals surface area contributed by atoms with Crippen LogP contribution in [-0.2, 0) is 0 Å². The van der Waals surface area contributed by atoms with Crippen LogP contribution in [0, 0.1) is 16.7 Å². The fraction of sp³-hybridized carbons (Fsp3) is 0.357. The van der Waals surface area contributed by atoms with E-state index >= 15 is 4.39 Å². The highest BCUT2D eigenvalue weighted by atomic mass is 35.5. The Labute approximate surface area is 232 Å². The van der Waals surface area contributed by atoms with E-state index in [0.717, 1.165) is 17.9 Å². The van der Waals surface area contributed by atoms with Gasteiger partial charge in [0, 0.05) is 28.8 Å². The number of hydrogen-bond acceptors (Lipinski definition) is 7. The van der Waals surface area contributed by atoms with Crippen LogP contribution in [0.4, 0.5) is 15.8 Å². The number of aromatic nitrogens is 1. The largest absolute Gasteiger partial charge is 0.396 e. The molecule has 1 heterocycles. The molecule has 1 fully saturated rings. The second-order valence-corrected chi connectivity index (χ2v) is 12.0. The molecular weight excluding hydrogens is 524 g/mol. The molecule has 6 N–H and O–H groups in total. The van der Waals surface area contributed by atoms with Crippen LogP contribution in [0.3, 0.4) is 0 Å². The average Bonchev–Trinajstić information content (AvgIpc) is 3.62. The van der Waals surface area contributed by atoms with Crippen LogP contribution in [0.15, 0.2) is 54.2 Å². The van der Waals surface area contributed by atoms with E-state index in [-0.39, 0.29) is 11.1 Å². The van der Waals surface area contributed by atoms with E-state index in [9.17, 15) is 5.26 Å². The van der Waals surface area contributed by atoms with Crippen LogP contribution in [0.1, 0.15) is 57.7 Å². The van der Waals surface area contributed by atoms with Crippen molar-refractivity contribution in [2.24, 2.45) is 17.0 Å². The fourth-order valence-corrected chi connectivity index (χ4v) is 4.60. The molecule has 10 heteroatoms. The quantitative estimate of drug-likeness (QED) is 0.136. The van der Waals surface area contributed by atoms with Gasteiger partial charge >= 0.3 is 0 Å². The maximum Gasteiger partial charge on any atom is 0.225 e. The first kappa shape index (κ1) is 27.8. The van der Waals surface area contributed by atoms with Gasteiger partial charge in [0.1, 0.15) is 6.07 Å². The molecule has 1 aliphatic rings. The van der Waals surface area contributed by atoms with E-state index < -0.39 is 17.5 Å². The van der Waals surface area contributed by atoms with Gasteiger partial charge in [-0.3, -0.25) is 9.99 Å². The van der Waals surface area contributed by atoms with Gasteiger partial charge in [0.15, 0.2) is 0 Å². The molecule has 0 amide bonds. The van der Waals surface area contributed by atoms with Crippen LogP contribution in [-0.4, -0.2) is 22.1 Å². The summed E-state index contributed by atoms with van der Waals surface area (Å²) in [4.78, 5) is 4.41. The van der Waals surface area contributed by atoms with Gasteiger partial charge in [0.25, 0.3) is 0 Å². The first-order chi connectivity index (χ1) is 17.8. The number of benzene rings is 2. The zero-order chi connectivity index (χ0) is 27.8. The number of hydrogen-bond donors (Lipinski definition) is 4. The predicted molar refractivity (Wildman–Crippen MR) is 153 cm³/mol. The summed E-state index contributed by atoms with van der Waals surface area (Å²) in [5, 5.41) is 19.0. The lowest BCUT2D eigenvalue weighted by atomic mass is 9.96. The molecular formula is C28H32Cl2FN7. The number of halogens is 3. The van der Waals surface area contributed by atoms with Crippen molar-refractivity contribution in [1.82, 2.24) is 9.99 Å². The van der Waals surface area contributed by atoms with Crippen molar-refractivity contribution >= 4 is 45.5 Å². The van der Waals surface area contributed by atoms with Crippen molar-refractivity contribution in [3.8, 4) is 6.07 Å². The van der Waals surface area contributed by atoms with Crippen molar-refractivity contribution in [3.05, 3.63) is 75.4 Å². The number of fused-ring (bicyclic) bond motifs is 1. The number of nitrogens with zero attached hydrogens (tertiary/aromatic N) is 3. The number of rotatable bonds is 8. The molecule has 0 bridgehead atoms. The van der Waals surface area contributed by atoms with E-state index in [1.807, 2.05) is 13.0 Å². The molecule has 7 nitrogen and oxygen atoms in total. The highest BCUT2D eigenvalue weighted by Gasteiger charge is 2.44. The van der Waals surface area contributed by atoms with Crippen molar-refractivity contribution in [2.75, 3.05) is 17.2 Å². The Hall–Kier alpha value is -3.25. The van der Waals surface area contributed by atoms with Crippen molar-refractivity contribution in [2.45, 2.75) is 52.1 Å². The lowest BCUT2D eigenvalue weighted by molar-refractivity contribution is 0.193. The summed E-state index contributed by atoms with van der Waals surface area (Å²) in [5.41, 5.74) is 8.45. The van der Waals surface area contributed by atoms with E-state index in [1.165, 1.54) is 6.20 Å². The molecule has 2 aromatic carbocycles. The highest BCUT2D eigenvalue weighted by molar-refractivity contribution is 6.36. The summed E-state index contributed by atoms with van der Waals surface area (Å²) in [6.07, 6.45) is 3.05. The van der Waals surface area contributed by atoms with Gasteiger partial charge in [-0.1, -0.05) is 62.2 Å². The summed E-state index contributed by atoms with van der Waals surface area (Å²) in [5.74, 6) is 5.39. The summed E-state index contributed by atoms with van der Waals surface area (Å²) < 4.78 is 15.6. The van der Waals surface area contributed by atoms with Gasteiger partial charge in [-0.05, 0) is 48.9 Å². The monoisotopic (exact) mass is 555 g/mol. The Balaban J connectivity index is 1.83. The Bertz CT molecular complexity index is 1440. The van der Waals surface area contributed by atoms with E-state index in [0.29, 0.717) is 50.0 Å². The Morgan fingerprint density at radius 1 is 1.24 bits per heavy atom. The zero-order valence-corrected chi connectivity index (χ0v) is 23.4. The smallest absolute Gasteiger partial charge is 0.225 e. The number of nitriles is 1. The summed E-state index contributed by atoms with van der Waals surface area (Å²) in [6.45, 7) is 8.78. The van der Waals surface area contributed by atoms with Gasteiger partial charge < -0.3 is 16.4 Å². The van der Waals surface area contributed by atoms with Crippen LogP contribution in [0.25, 0.3) is 10.9 Å². The molecule has 200 valence electrons. The maximum absolute atomic E-state index is 15.6. The molecule has 3 aromatic rings. The molecule has 4 rings (SSSR count). The maximum atomic E-state index is 15.6. The Morgan fingerprint density at radius 2 is 1.92 bits per heavy atom. The van der Waals surface area contributed by atoms with Crippen molar-refractivity contribution in [1.29, 1.82) is 5.26 Å². The lowest BCUT2D eigenvalue weighted by Crippen LogP contribution is -2.41. The van der Waals surface area contributed by atoms with Crippen molar-refractivity contribution in [3.63, 3.8) is 0 Å². The molecule has 1 unspecified atom stereocenters. The number of nitrogens with one attached hydrogen (secondary N) is 2. The zero-order valence-electron chi connectivity index (χ0n) is 21.9.